The largest absolute Gasteiger partial charge is 0.303 e. The van der Waals surface area contributed by atoms with E-state index in [1.165, 1.54) is 0 Å². The van der Waals surface area contributed by atoms with Gasteiger partial charge in [-0.1, -0.05) is 48.5 Å². The van der Waals surface area contributed by atoms with Crippen LogP contribution < -0.4 is 5.06 Å². The van der Waals surface area contributed by atoms with E-state index in [0.717, 1.165) is 17.5 Å². The zero-order valence-electron chi connectivity index (χ0n) is 11.4. The molecule has 0 unspecified atom stereocenters. The van der Waals surface area contributed by atoms with E-state index in [4.69, 9.17) is 4.84 Å². The topological polar surface area (TPSA) is 29.5 Å². The van der Waals surface area contributed by atoms with Gasteiger partial charge in [0, 0.05) is 0 Å². The van der Waals surface area contributed by atoms with Crippen LogP contribution in [0.4, 0.5) is 5.69 Å². The minimum atomic E-state index is -0.544. The fourth-order valence-corrected chi connectivity index (χ4v) is 2.68. The molecular formula is C17H17NO2. The Morgan fingerprint density at radius 3 is 2.30 bits per heavy atom. The number of carbonyl (C=O) groups is 1. The molecule has 2 atom stereocenters. The Kier molecular flexibility index (Phi) is 3.28. The van der Waals surface area contributed by atoms with Gasteiger partial charge in [0.1, 0.15) is 6.29 Å². The monoisotopic (exact) mass is 267 g/mol. The van der Waals surface area contributed by atoms with Crippen molar-refractivity contribution in [3.05, 3.63) is 66.2 Å². The lowest BCUT2D eigenvalue weighted by Gasteiger charge is -2.30. The van der Waals surface area contributed by atoms with Gasteiger partial charge >= 0.3 is 0 Å². The van der Waals surface area contributed by atoms with Crippen LogP contribution in [0.3, 0.4) is 0 Å². The quantitative estimate of drug-likeness (QED) is 0.798. The van der Waals surface area contributed by atoms with Gasteiger partial charge in [-0.3, -0.25) is 4.84 Å². The summed E-state index contributed by atoms with van der Waals surface area (Å²) < 4.78 is 0. The van der Waals surface area contributed by atoms with E-state index in [1.807, 2.05) is 72.7 Å². The Morgan fingerprint density at radius 1 is 1.10 bits per heavy atom. The van der Waals surface area contributed by atoms with Crippen LogP contribution >= 0.6 is 0 Å². The normalized spacial score (nSPS) is 25.6. The van der Waals surface area contributed by atoms with Crippen LogP contribution in [0.1, 0.15) is 18.5 Å². The van der Waals surface area contributed by atoms with Crippen molar-refractivity contribution < 1.29 is 9.63 Å². The molecule has 1 aliphatic rings. The molecule has 1 heterocycles. The Balaban J connectivity index is 2.05. The Hall–Kier alpha value is -2.13. The number of carbonyl (C=O) groups excluding carboxylic acids is 1. The second-order valence-electron chi connectivity index (χ2n) is 5.37. The molecule has 0 aliphatic carbocycles. The molecule has 0 N–H and O–H groups in total. The predicted octanol–water partition coefficient (Wildman–Crippen LogP) is 3.38. The van der Waals surface area contributed by atoms with Crippen molar-refractivity contribution in [1.82, 2.24) is 0 Å². The van der Waals surface area contributed by atoms with Crippen LogP contribution in [0.5, 0.6) is 0 Å². The van der Waals surface area contributed by atoms with Crippen molar-refractivity contribution >= 4 is 12.0 Å². The van der Waals surface area contributed by atoms with Crippen LogP contribution in [-0.2, 0) is 9.63 Å². The molecule has 0 spiro atoms. The summed E-state index contributed by atoms with van der Waals surface area (Å²) >= 11 is 0. The van der Waals surface area contributed by atoms with Crippen LogP contribution in [0.2, 0.25) is 0 Å². The number of anilines is 1. The summed E-state index contributed by atoms with van der Waals surface area (Å²) in [6.45, 7) is 2.34. The van der Waals surface area contributed by atoms with Gasteiger partial charge in [0.25, 0.3) is 0 Å². The smallest absolute Gasteiger partial charge is 0.130 e. The third-order valence-corrected chi connectivity index (χ3v) is 3.77. The predicted molar refractivity (Wildman–Crippen MR) is 78.2 cm³/mol. The van der Waals surface area contributed by atoms with Gasteiger partial charge in [-0.15, -0.1) is 0 Å². The maximum atomic E-state index is 11.6. The lowest BCUT2D eigenvalue weighted by molar-refractivity contribution is -0.115. The van der Waals surface area contributed by atoms with Crippen LogP contribution in [0.15, 0.2) is 60.7 Å². The first-order valence-electron chi connectivity index (χ1n) is 6.73. The molecular weight excluding hydrogens is 250 g/mol. The third kappa shape index (κ3) is 2.10. The number of rotatable bonds is 3. The number of hydrogen-bond donors (Lipinski definition) is 0. The molecule has 1 saturated heterocycles. The molecule has 0 amide bonds. The number of hydroxylamine groups is 1. The Labute approximate surface area is 118 Å². The van der Waals surface area contributed by atoms with Crippen LogP contribution in [-0.4, -0.2) is 12.9 Å². The van der Waals surface area contributed by atoms with E-state index in [2.05, 4.69) is 0 Å². The van der Waals surface area contributed by atoms with Crippen LogP contribution in [0, 0.1) is 5.41 Å². The van der Waals surface area contributed by atoms with E-state index in [0.29, 0.717) is 6.61 Å². The number of para-hydroxylation sites is 1. The minimum absolute atomic E-state index is 0.108. The van der Waals surface area contributed by atoms with Gasteiger partial charge < -0.3 is 4.79 Å². The van der Waals surface area contributed by atoms with Crippen molar-refractivity contribution in [2.75, 3.05) is 11.7 Å². The number of nitrogens with zero attached hydrogens (tertiary/aromatic N) is 1. The molecule has 3 heteroatoms. The molecule has 0 aromatic heterocycles. The van der Waals surface area contributed by atoms with Gasteiger partial charge in [0.15, 0.2) is 0 Å². The van der Waals surface area contributed by atoms with Crippen molar-refractivity contribution in [1.29, 1.82) is 0 Å². The number of aldehydes is 1. The fraction of sp³-hybridized carbons (Fsp3) is 0.235. The van der Waals surface area contributed by atoms with Gasteiger partial charge in [-0.05, 0) is 24.6 Å². The fourth-order valence-electron chi connectivity index (χ4n) is 2.68. The second kappa shape index (κ2) is 5.10. The second-order valence-corrected chi connectivity index (χ2v) is 5.37. The van der Waals surface area contributed by atoms with E-state index in [1.54, 1.807) is 0 Å². The zero-order chi connectivity index (χ0) is 14.0. The zero-order valence-corrected chi connectivity index (χ0v) is 11.4. The average molecular weight is 267 g/mol. The highest BCUT2D eigenvalue weighted by Crippen LogP contribution is 2.45. The first-order chi connectivity index (χ1) is 9.74. The van der Waals surface area contributed by atoms with Crippen molar-refractivity contribution in [2.24, 2.45) is 5.41 Å². The highest BCUT2D eigenvalue weighted by molar-refractivity contribution is 5.65. The Bertz CT molecular complexity index is 584. The Morgan fingerprint density at radius 2 is 1.70 bits per heavy atom. The molecule has 0 saturated carbocycles. The highest BCUT2D eigenvalue weighted by Gasteiger charge is 2.46. The summed E-state index contributed by atoms with van der Waals surface area (Å²) in [4.78, 5) is 17.4. The molecule has 1 aliphatic heterocycles. The number of benzene rings is 2. The summed E-state index contributed by atoms with van der Waals surface area (Å²) in [5.41, 5.74) is 1.51. The van der Waals surface area contributed by atoms with Gasteiger partial charge in [-0.2, -0.15) is 0 Å². The first kappa shape index (κ1) is 12.9. The van der Waals surface area contributed by atoms with Crippen LogP contribution in [0.25, 0.3) is 0 Å². The average Bonchev–Trinajstić information content (AvgIpc) is 2.87. The first-order valence-corrected chi connectivity index (χ1v) is 6.73. The molecule has 2 aromatic rings. The molecule has 2 aromatic carbocycles. The standard InChI is InChI=1S/C17H17NO2/c1-17(12-19)13-20-18(15-10-6-3-7-11-15)16(17)14-8-4-2-5-9-14/h2-12,16H,13H2,1H3/t16-,17+/m0/s1. The molecule has 0 bridgehead atoms. The van der Waals surface area contributed by atoms with Gasteiger partial charge in [0.05, 0.1) is 23.8 Å². The summed E-state index contributed by atoms with van der Waals surface area (Å²) in [6, 6.07) is 19.8. The summed E-state index contributed by atoms with van der Waals surface area (Å²) in [6.07, 6.45) is 1.01. The van der Waals surface area contributed by atoms with Gasteiger partial charge in [0.2, 0.25) is 0 Å². The SMILES string of the molecule is C[C@@]1(C=O)CON(c2ccccc2)[C@H]1c1ccccc1. The maximum Gasteiger partial charge on any atom is 0.130 e. The van der Waals surface area contributed by atoms with E-state index >= 15 is 0 Å². The lowest BCUT2D eigenvalue weighted by Crippen LogP contribution is -2.31. The molecule has 1 fully saturated rings. The summed E-state index contributed by atoms with van der Waals surface area (Å²) in [5.74, 6) is 0. The maximum absolute atomic E-state index is 11.6. The van der Waals surface area contributed by atoms with E-state index < -0.39 is 5.41 Å². The molecule has 102 valence electrons. The van der Waals surface area contributed by atoms with E-state index in [9.17, 15) is 4.79 Å². The molecule has 0 radical (unpaired) electrons. The molecule has 3 rings (SSSR count). The lowest BCUT2D eigenvalue weighted by atomic mass is 9.81. The highest BCUT2D eigenvalue weighted by atomic mass is 16.7. The summed E-state index contributed by atoms with van der Waals surface area (Å²) in [7, 11) is 0. The molecule has 20 heavy (non-hydrogen) atoms. The van der Waals surface area contributed by atoms with Crippen molar-refractivity contribution in [3.63, 3.8) is 0 Å². The number of hydrogen-bond acceptors (Lipinski definition) is 3. The van der Waals surface area contributed by atoms with E-state index in [-0.39, 0.29) is 6.04 Å². The molecule has 3 nitrogen and oxygen atoms in total. The van der Waals surface area contributed by atoms with Crippen molar-refractivity contribution in [3.8, 4) is 0 Å². The van der Waals surface area contributed by atoms with Crippen molar-refractivity contribution in [2.45, 2.75) is 13.0 Å². The minimum Gasteiger partial charge on any atom is -0.303 e. The third-order valence-electron chi connectivity index (χ3n) is 3.77. The summed E-state index contributed by atoms with van der Waals surface area (Å²) in [5, 5.41) is 1.85. The van der Waals surface area contributed by atoms with Gasteiger partial charge in [-0.25, -0.2) is 5.06 Å².